The van der Waals surface area contributed by atoms with Gasteiger partial charge in [-0.2, -0.15) is 0 Å². The molecule has 0 radical (unpaired) electrons. The van der Waals surface area contributed by atoms with Crippen LogP contribution in [0.15, 0.2) is 42.5 Å². The monoisotopic (exact) mass is 475 g/mol. The van der Waals surface area contributed by atoms with Crippen molar-refractivity contribution >= 4 is 45.0 Å². The molecule has 1 fully saturated rings. The number of aromatic nitrogens is 1. The number of nitrogens with zero attached hydrogens (tertiary/aromatic N) is 3. The molecule has 172 valence electrons. The van der Waals surface area contributed by atoms with E-state index in [-0.39, 0.29) is 24.4 Å². The van der Waals surface area contributed by atoms with E-state index in [4.69, 9.17) is 14.5 Å². The predicted molar refractivity (Wildman–Crippen MR) is 133 cm³/mol. The maximum atomic E-state index is 13.5. The standard InChI is InChI=1S/C24H29N3O3S.ClH/c1-17(2)30-20-9-7-19(8-10-20)23(28)27(12-11-26-13-15-29-16-14-26)24-25-22-18(3)5-4-6-21(22)31-24;/h4-10,17H,11-16H2,1-3H3;1H. The first-order valence-corrected chi connectivity index (χ1v) is 11.6. The van der Waals surface area contributed by atoms with Gasteiger partial charge in [-0.05, 0) is 56.7 Å². The summed E-state index contributed by atoms with van der Waals surface area (Å²) in [4.78, 5) is 22.5. The van der Waals surface area contributed by atoms with Gasteiger partial charge in [0.15, 0.2) is 5.13 Å². The van der Waals surface area contributed by atoms with E-state index in [2.05, 4.69) is 24.0 Å². The van der Waals surface area contributed by atoms with Crippen molar-refractivity contribution < 1.29 is 14.3 Å². The van der Waals surface area contributed by atoms with Gasteiger partial charge in [0.1, 0.15) is 5.75 Å². The maximum Gasteiger partial charge on any atom is 0.260 e. The average Bonchev–Trinajstić information content (AvgIpc) is 3.20. The van der Waals surface area contributed by atoms with Crippen molar-refractivity contribution in [2.45, 2.75) is 26.9 Å². The molecule has 0 saturated carbocycles. The lowest BCUT2D eigenvalue weighted by Gasteiger charge is -2.29. The first kappa shape index (κ1) is 24.5. The summed E-state index contributed by atoms with van der Waals surface area (Å²) in [5.74, 6) is 0.725. The SMILES string of the molecule is Cc1cccc2sc(N(CCN3CCOCC3)C(=O)c3ccc(OC(C)C)cc3)nc12.Cl. The van der Waals surface area contributed by atoms with Gasteiger partial charge < -0.3 is 9.47 Å². The Hall–Kier alpha value is -2.19. The molecule has 2 aromatic carbocycles. The molecule has 6 nitrogen and oxygen atoms in total. The molecule has 0 bridgehead atoms. The highest BCUT2D eigenvalue weighted by atomic mass is 35.5. The minimum atomic E-state index is -0.0407. The van der Waals surface area contributed by atoms with Gasteiger partial charge in [0, 0.05) is 31.7 Å². The number of hydrogen-bond acceptors (Lipinski definition) is 6. The molecular weight excluding hydrogens is 446 g/mol. The van der Waals surface area contributed by atoms with Crippen LogP contribution in [0.2, 0.25) is 0 Å². The third-order valence-electron chi connectivity index (χ3n) is 5.30. The zero-order valence-corrected chi connectivity index (χ0v) is 20.4. The van der Waals surface area contributed by atoms with Crippen molar-refractivity contribution in [2.24, 2.45) is 0 Å². The van der Waals surface area contributed by atoms with Crippen LogP contribution in [0.1, 0.15) is 29.8 Å². The summed E-state index contributed by atoms with van der Waals surface area (Å²) in [5.41, 5.74) is 2.72. The van der Waals surface area contributed by atoms with Crippen LogP contribution < -0.4 is 9.64 Å². The van der Waals surface area contributed by atoms with Crippen molar-refractivity contribution in [3.05, 3.63) is 53.6 Å². The first-order chi connectivity index (χ1) is 15.0. The van der Waals surface area contributed by atoms with Crippen molar-refractivity contribution in [3.63, 3.8) is 0 Å². The van der Waals surface area contributed by atoms with E-state index in [1.165, 1.54) is 0 Å². The zero-order valence-electron chi connectivity index (χ0n) is 18.7. The average molecular weight is 476 g/mol. The molecule has 0 atom stereocenters. The van der Waals surface area contributed by atoms with Gasteiger partial charge in [0.2, 0.25) is 0 Å². The lowest BCUT2D eigenvalue weighted by Crippen LogP contribution is -2.43. The third-order valence-corrected chi connectivity index (χ3v) is 6.35. The molecule has 0 N–H and O–H groups in total. The number of benzene rings is 2. The van der Waals surface area contributed by atoms with E-state index in [9.17, 15) is 4.79 Å². The summed E-state index contributed by atoms with van der Waals surface area (Å²) < 4.78 is 12.3. The molecule has 2 heterocycles. The highest BCUT2D eigenvalue weighted by molar-refractivity contribution is 7.22. The Kier molecular flexibility index (Phi) is 8.48. The first-order valence-electron chi connectivity index (χ1n) is 10.8. The molecule has 3 aromatic rings. The minimum absolute atomic E-state index is 0. The van der Waals surface area contributed by atoms with Crippen molar-refractivity contribution in [1.29, 1.82) is 0 Å². The fourth-order valence-corrected chi connectivity index (χ4v) is 4.71. The van der Waals surface area contributed by atoms with E-state index < -0.39 is 0 Å². The van der Waals surface area contributed by atoms with Gasteiger partial charge >= 0.3 is 0 Å². The van der Waals surface area contributed by atoms with E-state index in [1.54, 1.807) is 11.3 Å². The van der Waals surface area contributed by atoms with Crippen molar-refractivity contribution in [1.82, 2.24) is 9.88 Å². The molecule has 1 aliphatic rings. The number of para-hydroxylation sites is 1. The van der Waals surface area contributed by atoms with Gasteiger partial charge in [0.25, 0.3) is 5.91 Å². The van der Waals surface area contributed by atoms with Crippen LogP contribution in [0, 0.1) is 6.92 Å². The molecule has 8 heteroatoms. The quantitative estimate of drug-likeness (QED) is 0.491. The van der Waals surface area contributed by atoms with E-state index >= 15 is 0 Å². The Labute approximate surface area is 199 Å². The number of hydrogen-bond donors (Lipinski definition) is 0. The molecular formula is C24H30ClN3O3S. The van der Waals surface area contributed by atoms with Crippen LogP contribution >= 0.6 is 23.7 Å². The maximum absolute atomic E-state index is 13.5. The Bertz CT molecular complexity index is 1030. The van der Waals surface area contributed by atoms with Crippen LogP contribution in [-0.4, -0.2) is 61.3 Å². The lowest BCUT2D eigenvalue weighted by atomic mass is 10.2. The molecule has 4 rings (SSSR count). The third kappa shape index (κ3) is 5.78. The van der Waals surface area contributed by atoms with E-state index in [1.807, 2.05) is 49.1 Å². The summed E-state index contributed by atoms with van der Waals surface area (Å²) in [5, 5.41) is 0.741. The highest BCUT2D eigenvalue weighted by Crippen LogP contribution is 2.31. The zero-order chi connectivity index (χ0) is 21.8. The number of rotatable bonds is 7. The molecule has 1 saturated heterocycles. The molecule has 1 aromatic heterocycles. The second kappa shape index (κ2) is 11.1. The summed E-state index contributed by atoms with van der Waals surface area (Å²) in [6, 6.07) is 13.5. The largest absolute Gasteiger partial charge is 0.491 e. The Morgan fingerprint density at radius 1 is 1.19 bits per heavy atom. The molecule has 32 heavy (non-hydrogen) atoms. The number of thiazole rings is 1. The van der Waals surface area contributed by atoms with Gasteiger partial charge in [-0.3, -0.25) is 14.6 Å². The highest BCUT2D eigenvalue weighted by Gasteiger charge is 2.23. The Morgan fingerprint density at radius 3 is 2.56 bits per heavy atom. The summed E-state index contributed by atoms with van der Waals surface area (Å²) in [6.07, 6.45) is 0.0950. The van der Waals surface area contributed by atoms with E-state index in [0.29, 0.717) is 12.1 Å². The smallest absolute Gasteiger partial charge is 0.260 e. The number of amides is 1. The number of carbonyl (C=O) groups excluding carboxylic acids is 1. The fraction of sp³-hybridized carbons (Fsp3) is 0.417. The number of anilines is 1. The summed E-state index contributed by atoms with van der Waals surface area (Å²) >= 11 is 1.57. The van der Waals surface area contributed by atoms with E-state index in [0.717, 1.165) is 59.5 Å². The second-order valence-corrected chi connectivity index (χ2v) is 9.03. The summed E-state index contributed by atoms with van der Waals surface area (Å²) in [7, 11) is 0. The molecule has 0 spiro atoms. The number of ether oxygens (including phenoxy) is 2. The predicted octanol–water partition coefficient (Wildman–Crippen LogP) is 4.79. The van der Waals surface area contributed by atoms with Gasteiger partial charge in [-0.15, -0.1) is 12.4 Å². The van der Waals surface area contributed by atoms with Gasteiger partial charge in [-0.25, -0.2) is 4.98 Å². The molecule has 0 unspecified atom stereocenters. The summed E-state index contributed by atoms with van der Waals surface area (Å²) in [6.45, 7) is 10.7. The number of morpholine rings is 1. The lowest BCUT2D eigenvalue weighted by molar-refractivity contribution is 0.0391. The Balaban J connectivity index is 0.00000289. The van der Waals surface area contributed by atoms with Crippen molar-refractivity contribution in [3.8, 4) is 5.75 Å². The topological polar surface area (TPSA) is 54.9 Å². The Morgan fingerprint density at radius 2 is 1.91 bits per heavy atom. The van der Waals surface area contributed by atoms with Crippen LogP contribution in [0.5, 0.6) is 5.75 Å². The van der Waals surface area contributed by atoms with Gasteiger partial charge in [-0.1, -0.05) is 23.5 Å². The minimum Gasteiger partial charge on any atom is -0.491 e. The number of halogens is 1. The fourth-order valence-electron chi connectivity index (χ4n) is 3.64. The normalized spacial score (nSPS) is 14.4. The number of aryl methyl sites for hydroxylation is 1. The molecule has 1 amide bonds. The number of carbonyl (C=O) groups is 1. The van der Waals surface area contributed by atoms with Gasteiger partial charge in [0.05, 0.1) is 29.5 Å². The van der Waals surface area contributed by atoms with Crippen LogP contribution in [0.25, 0.3) is 10.2 Å². The van der Waals surface area contributed by atoms with Crippen molar-refractivity contribution in [2.75, 3.05) is 44.3 Å². The molecule has 0 aliphatic carbocycles. The molecule has 1 aliphatic heterocycles. The second-order valence-electron chi connectivity index (χ2n) is 8.02. The van der Waals surface area contributed by atoms with Crippen LogP contribution in [-0.2, 0) is 4.74 Å². The number of fused-ring (bicyclic) bond motifs is 1. The van der Waals surface area contributed by atoms with Crippen LogP contribution in [0.3, 0.4) is 0 Å². The van der Waals surface area contributed by atoms with Crippen LogP contribution in [0.4, 0.5) is 5.13 Å².